The van der Waals surface area contributed by atoms with Gasteiger partial charge in [-0.2, -0.15) is 9.97 Å². The van der Waals surface area contributed by atoms with Crippen molar-refractivity contribution in [2.45, 2.75) is 29.9 Å². The van der Waals surface area contributed by atoms with Gasteiger partial charge in [0, 0.05) is 12.7 Å². The average molecular weight is 329 g/mol. The van der Waals surface area contributed by atoms with Crippen molar-refractivity contribution in [1.82, 2.24) is 19.5 Å². The fraction of sp³-hybridized carbons (Fsp3) is 0.545. The van der Waals surface area contributed by atoms with Crippen LogP contribution in [0, 0.1) is 0 Å². The van der Waals surface area contributed by atoms with Crippen molar-refractivity contribution in [3.05, 3.63) is 6.33 Å². The van der Waals surface area contributed by atoms with E-state index in [0.29, 0.717) is 0 Å². The molecule has 0 aliphatic carbocycles. The Balaban J connectivity index is 2.12. The highest BCUT2D eigenvalue weighted by molar-refractivity contribution is 7.90. The van der Waals surface area contributed by atoms with E-state index < -0.39 is 28.3 Å². The van der Waals surface area contributed by atoms with Gasteiger partial charge in [-0.05, 0) is 0 Å². The number of ether oxygens (including phenoxy) is 1. The standard InChI is InChI=1S/C11H15N5O5S/c1-22(19,20)10-8-9(14-11(12)15-10)16(4-13-8)7-2-5(18)6(3-17)21-7/h4-7,17-18H,2-3H2,1H3,(H2,12,14,15)/t5-,6+,7+/m0/s1. The maximum atomic E-state index is 11.8. The topological polar surface area (TPSA) is 153 Å². The summed E-state index contributed by atoms with van der Waals surface area (Å²) >= 11 is 0. The molecule has 1 aliphatic heterocycles. The molecule has 11 heteroatoms. The molecule has 1 saturated heterocycles. The summed E-state index contributed by atoms with van der Waals surface area (Å²) < 4.78 is 30.5. The molecule has 1 fully saturated rings. The number of sulfone groups is 1. The largest absolute Gasteiger partial charge is 0.394 e. The Kier molecular flexibility index (Phi) is 3.51. The summed E-state index contributed by atoms with van der Waals surface area (Å²) in [5, 5.41) is 18.7. The molecule has 0 bridgehead atoms. The molecule has 3 rings (SSSR count). The number of hydrogen-bond donors (Lipinski definition) is 3. The zero-order valence-corrected chi connectivity index (χ0v) is 12.4. The summed E-state index contributed by atoms with van der Waals surface area (Å²) in [6.07, 6.45) is 0.403. The SMILES string of the molecule is CS(=O)(=O)c1nc(N)nc2c1ncn2[C@H]1C[C@H](O)[C@@H](CO)O1. The summed E-state index contributed by atoms with van der Waals surface area (Å²) in [5.41, 5.74) is 5.85. The predicted molar refractivity (Wildman–Crippen MR) is 74.5 cm³/mol. The van der Waals surface area contributed by atoms with Gasteiger partial charge in [-0.3, -0.25) is 4.57 Å². The first-order valence-electron chi connectivity index (χ1n) is 6.45. The number of nitrogen functional groups attached to an aromatic ring is 1. The Bertz CT molecular complexity index is 820. The van der Waals surface area contributed by atoms with Gasteiger partial charge in [-0.25, -0.2) is 13.4 Å². The molecule has 0 aromatic carbocycles. The second kappa shape index (κ2) is 5.12. The molecule has 0 unspecified atom stereocenters. The zero-order chi connectivity index (χ0) is 16.1. The highest BCUT2D eigenvalue weighted by Crippen LogP contribution is 2.31. The first kappa shape index (κ1) is 15.1. The molecule has 2 aromatic heterocycles. The minimum absolute atomic E-state index is 0.0854. The summed E-state index contributed by atoms with van der Waals surface area (Å²) in [6, 6.07) is 0. The van der Waals surface area contributed by atoms with E-state index in [1.807, 2.05) is 0 Å². The molecule has 3 heterocycles. The fourth-order valence-corrected chi connectivity index (χ4v) is 3.18. The smallest absolute Gasteiger partial charge is 0.223 e. The van der Waals surface area contributed by atoms with Gasteiger partial charge in [0.1, 0.15) is 17.8 Å². The number of anilines is 1. The van der Waals surface area contributed by atoms with Gasteiger partial charge in [-0.15, -0.1) is 0 Å². The van der Waals surface area contributed by atoms with E-state index in [-0.39, 0.29) is 35.2 Å². The number of nitrogens with zero attached hydrogens (tertiary/aromatic N) is 4. The average Bonchev–Trinajstić information content (AvgIpc) is 2.99. The minimum atomic E-state index is -3.63. The lowest BCUT2D eigenvalue weighted by molar-refractivity contribution is -0.0432. The summed E-state index contributed by atoms with van der Waals surface area (Å²) in [4.78, 5) is 11.8. The number of rotatable bonds is 3. The van der Waals surface area contributed by atoms with Crippen LogP contribution in [-0.4, -0.2) is 63.2 Å². The lowest BCUT2D eigenvalue weighted by Crippen LogP contribution is -2.24. The van der Waals surface area contributed by atoms with Gasteiger partial charge in [0.15, 0.2) is 20.5 Å². The van der Waals surface area contributed by atoms with Crippen LogP contribution < -0.4 is 5.73 Å². The molecule has 3 atom stereocenters. The van der Waals surface area contributed by atoms with Gasteiger partial charge in [-0.1, -0.05) is 0 Å². The predicted octanol–water partition coefficient (Wildman–Crippen LogP) is -1.55. The molecule has 0 spiro atoms. The molecular weight excluding hydrogens is 314 g/mol. The third-order valence-electron chi connectivity index (χ3n) is 3.45. The van der Waals surface area contributed by atoms with Crippen LogP contribution in [0.2, 0.25) is 0 Å². The van der Waals surface area contributed by atoms with Crippen LogP contribution in [0.4, 0.5) is 5.95 Å². The van der Waals surface area contributed by atoms with Gasteiger partial charge in [0.25, 0.3) is 0 Å². The Morgan fingerprint density at radius 2 is 2.23 bits per heavy atom. The summed E-state index contributed by atoms with van der Waals surface area (Å²) in [6.45, 7) is -0.323. The molecule has 0 saturated carbocycles. The molecule has 120 valence electrons. The molecule has 0 radical (unpaired) electrons. The van der Waals surface area contributed by atoms with Crippen molar-refractivity contribution in [1.29, 1.82) is 0 Å². The van der Waals surface area contributed by atoms with Crippen LogP contribution >= 0.6 is 0 Å². The van der Waals surface area contributed by atoms with E-state index >= 15 is 0 Å². The second-order valence-corrected chi connectivity index (χ2v) is 7.03. The van der Waals surface area contributed by atoms with Crippen LogP contribution in [0.25, 0.3) is 11.2 Å². The number of fused-ring (bicyclic) bond motifs is 1. The Morgan fingerprint density at radius 1 is 1.50 bits per heavy atom. The number of aliphatic hydroxyl groups excluding tert-OH is 2. The van der Waals surface area contributed by atoms with E-state index in [9.17, 15) is 13.5 Å². The molecular formula is C11H15N5O5S. The van der Waals surface area contributed by atoms with E-state index in [1.165, 1.54) is 10.9 Å². The second-order valence-electron chi connectivity index (χ2n) is 5.10. The van der Waals surface area contributed by atoms with Gasteiger partial charge < -0.3 is 20.7 Å². The van der Waals surface area contributed by atoms with Crippen molar-refractivity contribution in [2.24, 2.45) is 0 Å². The van der Waals surface area contributed by atoms with Crippen LogP contribution in [0.15, 0.2) is 11.4 Å². The summed E-state index contributed by atoms with van der Waals surface area (Å²) in [7, 11) is -3.63. The van der Waals surface area contributed by atoms with E-state index in [2.05, 4.69) is 15.0 Å². The monoisotopic (exact) mass is 329 g/mol. The summed E-state index contributed by atoms with van der Waals surface area (Å²) in [5.74, 6) is -0.202. The maximum absolute atomic E-state index is 11.8. The Morgan fingerprint density at radius 3 is 2.82 bits per heavy atom. The van der Waals surface area contributed by atoms with Crippen molar-refractivity contribution in [3.8, 4) is 0 Å². The van der Waals surface area contributed by atoms with E-state index in [4.69, 9.17) is 15.6 Å². The molecule has 1 aliphatic rings. The van der Waals surface area contributed by atoms with Gasteiger partial charge in [0.2, 0.25) is 5.95 Å². The Labute approximate surface area is 125 Å². The van der Waals surface area contributed by atoms with Crippen molar-refractivity contribution >= 4 is 26.9 Å². The third kappa shape index (κ3) is 2.41. The maximum Gasteiger partial charge on any atom is 0.223 e. The first-order valence-corrected chi connectivity index (χ1v) is 8.35. The molecule has 2 aromatic rings. The molecule has 0 amide bonds. The van der Waals surface area contributed by atoms with Crippen molar-refractivity contribution < 1.29 is 23.4 Å². The normalized spacial score (nSPS) is 25.9. The number of nitrogens with two attached hydrogens (primary N) is 1. The number of aromatic nitrogens is 4. The highest BCUT2D eigenvalue weighted by Gasteiger charge is 2.35. The molecule has 4 N–H and O–H groups in total. The van der Waals surface area contributed by atoms with Crippen molar-refractivity contribution in [2.75, 3.05) is 18.6 Å². The van der Waals surface area contributed by atoms with Crippen LogP contribution in [0.3, 0.4) is 0 Å². The molecule has 22 heavy (non-hydrogen) atoms. The van der Waals surface area contributed by atoms with Gasteiger partial charge >= 0.3 is 0 Å². The highest BCUT2D eigenvalue weighted by atomic mass is 32.2. The van der Waals surface area contributed by atoms with E-state index in [0.717, 1.165) is 6.26 Å². The van der Waals surface area contributed by atoms with Crippen LogP contribution in [-0.2, 0) is 14.6 Å². The van der Waals surface area contributed by atoms with Crippen molar-refractivity contribution in [3.63, 3.8) is 0 Å². The number of imidazole rings is 1. The third-order valence-corrected chi connectivity index (χ3v) is 4.44. The minimum Gasteiger partial charge on any atom is -0.394 e. The van der Waals surface area contributed by atoms with Crippen LogP contribution in [0.1, 0.15) is 12.6 Å². The lowest BCUT2D eigenvalue weighted by Gasteiger charge is -2.13. The number of aliphatic hydroxyl groups is 2. The quantitative estimate of drug-likeness (QED) is 0.568. The number of hydrogen-bond acceptors (Lipinski definition) is 9. The zero-order valence-electron chi connectivity index (χ0n) is 11.6. The Hall–Kier alpha value is -1.82. The van der Waals surface area contributed by atoms with Crippen LogP contribution in [0.5, 0.6) is 0 Å². The molecule has 10 nitrogen and oxygen atoms in total. The first-order chi connectivity index (χ1) is 10.3. The lowest BCUT2D eigenvalue weighted by atomic mass is 10.2. The fourth-order valence-electron chi connectivity index (χ4n) is 2.43. The van der Waals surface area contributed by atoms with Gasteiger partial charge in [0.05, 0.1) is 19.0 Å². The van der Waals surface area contributed by atoms with E-state index in [1.54, 1.807) is 0 Å².